The van der Waals surface area contributed by atoms with Crippen LogP contribution < -0.4 is 5.32 Å². The smallest absolute Gasteiger partial charge is 0.0491 e. The fraction of sp³-hybridized carbons (Fsp3) is 0.312. The van der Waals surface area contributed by atoms with Crippen molar-refractivity contribution < 1.29 is 0 Å². The molecule has 4 heteroatoms. The molecule has 1 aliphatic rings. The van der Waals surface area contributed by atoms with Gasteiger partial charge in [0.2, 0.25) is 0 Å². The van der Waals surface area contributed by atoms with E-state index in [4.69, 9.17) is 11.6 Å². The van der Waals surface area contributed by atoms with E-state index in [9.17, 15) is 0 Å². The van der Waals surface area contributed by atoms with Crippen molar-refractivity contribution in [1.29, 1.82) is 0 Å². The lowest BCUT2D eigenvalue weighted by molar-refractivity contribution is 0.153. The van der Waals surface area contributed by atoms with Crippen LogP contribution >= 0.6 is 11.6 Å². The van der Waals surface area contributed by atoms with E-state index in [0.717, 1.165) is 31.2 Å². The third-order valence-electron chi connectivity index (χ3n) is 3.72. The fourth-order valence-electron chi connectivity index (χ4n) is 2.66. The normalized spacial score (nSPS) is 19.9. The van der Waals surface area contributed by atoms with Crippen molar-refractivity contribution in [2.45, 2.75) is 12.6 Å². The summed E-state index contributed by atoms with van der Waals surface area (Å²) in [5.74, 6) is 0. The van der Waals surface area contributed by atoms with Crippen molar-refractivity contribution in [3.05, 3.63) is 64.9 Å². The number of benzene rings is 1. The van der Waals surface area contributed by atoms with Crippen LogP contribution in [0.15, 0.2) is 48.8 Å². The van der Waals surface area contributed by atoms with E-state index >= 15 is 0 Å². The predicted octanol–water partition coefficient (Wildman–Crippen LogP) is 2.88. The molecule has 1 fully saturated rings. The third kappa shape index (κ3) is 3.18. The molecular formula is C16H18ClN3. The molecule has 1 aliphatic heterocycles. The first-order valence-corrected chi connectivity index (χ1v) is 7.30. The first-order chi connectivity index (χ1) is 9.83. The first kappa shape index (κ1) is 13.6. The number of pyridine rings is 1. The SMILES string of the molecule is Clc1ccc(CN2CCNCC2c2cccnc2)cc1. The van der Waals surface area contributed by atoms with Gasteiger partial charge in [-0.05, 0) is 29.3 Å². The van der Waals surface area contributed by atoms with E-state index < -0.39 is 0 Å². The van der Waals surface area contributed by atoms with Gasteiger partial charge in [0.15, 0.2) is 0 Å². The van der Waals surface area contributed by atoms with Crippen LogP contribution in [0.3, 0.4) is 0 Å². The van der Waals surface area contributed by atoms with Crippen LogP contribution in [0.25, 0.3) is 0 Å². The van der Waals surface area contributed by atoms with Gasteiger partial charge in [-0.1, -0.05) is 29.8 Å². The molecule has 3 rings (SSSR count). The zero-order valence-corrected chi connectivity index (χ0v) is 12.1. The molecule has 0 aliphatic carbocycles. The second kappa shape index (κ2) is 6.35. The van der Waals surface area contributed by atoms with Crippen LogP contribution in [-0.2, 0) is 6.54 Å². The summed E-state index contributed by atoms with van der Waals surface area (Å²) in [5.41, 5.74) is 2.57. The molecule has 1 saturated heterocycles. The van der Waals surface area contributed by atoms with Crippen molar-refractivity contribution >= 4 is 11.6 Å². The lowest BCUT2D eigenvalue weighted by Crippen LogP contribution is -2.45. The molecule has 0 amide bonds. The van der Waals surface area contributed by atoms with Gasteiger partial charge in [-0.3, -0.25) is 9.88 Å². The Morgan fingerprint density at radius 2 is 2.10 bits per heavy atom. The molecule has 0 radical (unpaired) electrons. The second-order valence-electron chi connectivity index (χ2n) is 5.10. The van der Waals surface area contributed by atoms with Crippen molar-refractivity contribution in [2.75, 3.05) is 19.6 Å². The predicted molar refractivity (Wildman–Crippen MR) is 81.7 cm³/mol. The average Bonchev–Trinajstić information content (AvgIpc) is 2.51. The molecule has 0 bridgehead atoms. The Balaban J connectivity index is 1.77. The molecule has 2 heterocycles. The molecule has 1 atom stereocenters. The lowest BCUT2D eigenvalue weighted by atomic mass is 10.0. The summed E-state index contributed by atoms with van der Waals surface area (Å²) < 4.78 is 0. The minimum Gasteiger partial charge on any atom is -0.314 e. The molecule has 104 valence electrons. The van der Waals surface area contributed by atoms with Crippen molar-refractivity contribution in [1.82, 2.24) is 15.2 Å². The van der Waals surface area contributed by atoms with Crippen LogP contribution in [0.1, 0.15) is 17.2 Å². The molecule has 0 saturated carbocycles. The summed E-state index contributed by atoms with van der Waals surface area (Å²) in [4.78, 5) is 6.74. The topological polar surface area (TPSA) is 28.2 Å². The Morgan fingerprint density at radius 3 is 2.85 bits per heavy atom. The number of nitrogens with zero attached hydrogens (tertiary/aromatic N) is 2. The van der Waals surface area contributed by atoms with Gasteiger partial charge in [0, 0.05) is 49.6 Å². The van der Waals surface area contributed by atoms with E-state index in [1.807, 2.05) is 30.6 Å². The minimum atomic E-state index is 0.383. The minimum absolute atomic E-state index is 0.383. The van der Waals surface area contributed by atoms with E-state index in [2.05, 4.69) is 33.4 Å². The van der Waals surface area contributed by atoms with Gasteiger partial charge in [0.05, 0.1) is 0 Å². The lowest BCUT2D eigenvalue weighted by Gasteiger charge is -2.36. The first-order valence-electron chi connectivity index (χ1n) is 6.92. The molecule has 0 spiro atoms. The van der Waals surface area contributed by atoms with Crippen molar-refractivity contribution in [2.24, 2.45) is 0 Å². The summed E-state index contributed by atoms with van der Waals surface area (Å²) in [6.07, 6.45) is 3.79. The maximum absolute atomic E-state index is 5.95. The Bertz CT molecular complexity index is 541. The summed E-state index contributed by atoms with van der Waals surface area (Å²) in [6.45, 7) is 3.99. The highest BCUT2D eigenvalue weighted by Crippen LogP contribution is 2.23. The van der Waals surface area contributed by atoms with Gasteiger partial charge >= 0.3 is 0 Å². The van der Waals surface area contributed by atoms with Gasteiger partial charge < -0.3 is 5.32 Å². The molecular weight excluding hydrogens is 270 g/mol. The van der Waals surface area contributed by atoms with Gasteiger partial charge in [0.25, 0.3) is 0 Å². The van der Waals surface area contributed by atoms with Crippen LogP contribution in [0.2, 0.25) is 5.02 Å². The number of nitrogens with one attached hydrogen (secondary N) is 1. The molecule has 2 aromatic rings. The quantitative estimate of drug-likeness (QED) is 0.941. The van der Waals surface area contributed by atoms with E-state index in [1.54, 1.807) is 0 Å². The number of hydrogen-bond acceptors (Lipinski definition) is 3. The van der Waals surface area contributed by atoms with E-state index in [-0.39, 0.29) is 0 Å². The maximum Gasteiger partial charge on any atom is 0.0491 e. The second-order valence-corrected chi connectivity index (χ2v) is 5.54. The summed E-state index contributed by atoms with van der Waals surface area (Å²) in [6, 6.07) is 12.7. The number of piperazine rings is 1. The summed E-state index contributed by atoms with van der Waals surface area (Å²) >= 11 is 5.95. The average molecular weight is 288 g/mol. The molecule has 3 nitrogen and oxygen atoms in total. The van der Waals surface area contributed by atoms with Crippen LogP contribution in [0.4, 0.5) is 0 Å². The number of hydrogen-bond donors (Lipinski definition) is 1. The summed E-state index contributed by atoms with van der Waals surface area (Å²) in [5, 5.41) is 4.26. The van der Waals surface area contributed by atoms with Gasteiger partial charge in [-0.25, -0.2) is 0 Å². The van der Waals surface area contributed by atoms with Crippen LogP contribution in [0.5, 0.6) is 0 Å². The molecule has 1 N–H and O–H groups in total. The zero-order chi connectivity index (χ0) is 13.8. The Kier molecular flexibility index (Phi) is 4.31. The maximum atomic E-state index is 5.95. The standard InChI is InChI=1S/C16H18ClN3/c17-15-5-3-13(4-6-15)12-20-9-8-19-11-16(20)14-2-1-7-18-10-14/h1-7,10,16,19H,8-9,11-12H2. The highest BCUT2D eigenvalue weighted by molar-refractivity contribution is 6.30. The van der Waals surface area contributed by atoms with Crippen molar-refractivity contribution in [3.63, 3.8) is 0 Å². The molecule has 20 heavy (non-hydrogen) atoms. The Morgan fingerprint density at radius 1 is 1.25 bits per heavy atom. The molecule has 1 unspecified atom stereocenters. The number of halogens is 1. The van der Waals surface area contributed by atoms with Crippen LogP contribution in [0, 0.1) is 0 Å². The highest BCUT2D eigenvalue weighted by atomic mass is 35.5. The summed E-state index contributed by atoms with van der Waals surface area (Å²) in [7, 11) is 0. The number of aromatic nitrogens is 1. The van der Waals surface area contributed by atoms with Crippen LogP contribution in [-0.4, -0.2) is 29.5 Å². The Labute approximate surface area is 124 Å². The monoisotopic (exact) mass is 287 g/mol. The number of rotatable bonds is 3. The Hall–Kier alpha value is -1.42. The van der Waals surface area contributed by atoms with Gasteiger partial charge in [-0.2, -0.15) is 0 Å². The van der Waals surface area contributed by atoms with Gasteiger partial charge in [0.1, 0.15) is 0 Å². The molecule has 1 aromatic heterocycles. The van der Waals surface area contributed by atoms with Crippen molar-refractivity contribution in [3.8, 4) is 0 Å². The van der Waals surface area contributed by atoms with E-state index in [0.29, 0.717) is 6.04 Å². The highest BCUT2D eigenvalue weighted by Gasteiger charge is 2.23. The molecule has 1 aromatic carbocycles. The third-order valence-corrected chi connectivity index (χ3v) is 3.97. The van der Waals surface area contributed by atoms with E-state index in [1.165, 1.54) is 11.1 Å². The van der Waals surface area contributed by atoms with Gasteiger partial charge in [-0.15, -0.1) is 0 Å². The fourth-order valence-corrected chi connectivity index (χ4v) is 2.79. The largest absolute Gasteiger partial charge is 0.314 e. The zero-order valence-electron chi connectivity index (χ0n) is 11.3.